The first-order valence-electron chi connectivity index (χ1n) is 6.10. The van der Waals surface area contributed by atoms with Gasteiger partial charge in [-0.15, -0.1) is 11.3 Å². The number of amides is 2. The number of thiophene rings is 1. The Morgan fingerprint density at radius 2 is 2.05 bits per heavy atom. The van der Waals surface area contributed by atoms with E-state index in [1.54, 1.807) is 11.0 Å². The molecule has 5 nitrogen and oxygen atoms in total. The largest absolute Gasteiger partial charge is 0.453 e. The summed E-state index contributed by atoms with van der Waals surface area (Å²) in [6.07, 6.45) is 1.05. The molecule has 1 aromatic heterocycles. The van der Waals surface area contributed by atoms with Gasteiger partial charge in [0.15, 0.2) is 0 Å². The van der Waals surface area contributed by atoms with Gasteiger partial charge in [-0.05, 0) is 18.9 Å². The molecule has 2 rings (SSSR count). The molecule has 0 saturated carbocycles. The molecule has 110 valence electrons. The maximum atomic E-state index is 12.1. The van der Waals surface area contributed by atoms with Gasteiger partial charge in [-0.1, -0.05) is 23.2 Å². The molecule has 20 heavy (non-hydrogen) atoms. The zero-order valence-electron chi connectivity index (χ0n) is 10.8. The minimum Gasteiger partial charge on any atom is -0.453 e. The van der Waals surface area contributed by atoms with Crippen LogP contribution in [0.1, 0.15) is 23.2 Å². The number of halogens is 2. The van der Waals surface area contributed by atoms with Crippen molar-refractivity contribution >= 4 is 46.5 Å². The summed E-state index contributed by atoms with van der Waals surface area (Å²) >= 11 is 12.9. The minimum atomic E-state index is -0.331. The van der Waals surface area contributed by atoms with Crippen LogP contribution in [0.5, 0.6) is 0 Å². The highest BCUT2D eigenvalue weighted by atomic mass is 35.5. The summed E-state index contributed by atoms with van der Waals surface area (Å²) in [4.78, 5) is 25.0. The van der Waals surface area contributed by atoms with Gasteiger partial charge in [0, 0.05) is 19.1 Å². The van der Waals surface area contributed by atoms with Crippen molar-refractivity contribution in [1.82, 2.24) is 10.2 Å². The second-order valence-corrected chi connectivity index (χ2v) is 6.73. The Kier molecular flexibility index (Phi) is 5.12. The van der Waals surface area contributed by atoms with E-state index in [1.165, 1.54) is 18.4 Å². The first kappa shape index (κ1) is 15.4. The minimum absolute atomic E-state index is 0.0261. The van der Waals surface area contributed by atoms with Crippen molar-refractivity contribution < 1.29 is 14.3 Å². The maximum absolute atomic E-state index is 12.1. The summed E-state index contributed by atoms with van der Waals surface area (Å²) in [6.45, 7) is 1.13. The third-order valence-corrected chi connectivity index (χ3v) is 4.65. The highest BCUT2D eigenvalue weighted by Gasteiger charge is 2.25. The molecule has 1 aliphatic rings. The molecule has 0 aromatic carbocycles. The number of nitrogens with zero attached hydrogens (tertiary/aromatic N) is 1. The Labute approximate surface area is 130 Å². The third kappa shape index (κ3) is 3.56. The second kappa shape index (κ2) is 6.65. The van der Waals surface area contributed by atoms with Crippen molar-refractivity contribution in [3.05, 3.63) is 20.3 Å². The summed E-state index contributed by atoms with van der Waals surface area (Å²) in [5.41, 5.74) is 0.400. The number of carbonyl (C=O) groups is 2. The fourth-order valence-corrected chi connectivity index (χ4v) is 3.55. The molecule has 0 atom stereocenters. The molecule has 2 amide bonds. The molecular weight excluding hydrogens is 323 g/mol. The van der Waals surface area contributed by atoms with Gasteiger partial charge in [0.2, 0.25) is 0 Å². The van der Waals surface area contributed by atoms with Gasteiger partial charge in [0.05, 0.1) is 17.0 Å². The fourth-order valence-electron chi connectivity index (χ4n) is 2.09. The molecule has 0 spiro atoms. The Balaban J connectivity index is 1.88. The Hall–Kier alpha value is -0.980. The number of methoxy groups -OCH3 is 1. The lowest BCUT2D eigenvalue weighted by Gasteiger charge is -2.31. The van der Waals surface area contributed by atoms with Crippen LogP contribution < -0.4 is 5.32 Å². The maximum Gasteiger partial charge on any atom is 0.409 e. The topological polar surface area (TPSA) is 58.6 Å². The number of rotatable bonds is 2. The van der Waals surface area contributed by atoms with Gasteiger partial charge >= 0.3 is 6.09 Å². The number of likely N-dealkylation sites (tertiary alicyclic amines) is 1. The van der Waals surface area contributed by atoms with Crippen LogP contribution in [0, 0.1) is 0 Å². The van der Waals surface area contributed by atoms with Crippen LogP contribution in [0.4, 0.5) is 4.79 Å². The lowest BCUT2D eigenvalue weighted by molar-refractivity contribution is 0.0893. The SMILES string of the molecule is COC(=O)N1CCC(NC(=O)c2cc(Cl)sc2Cl)CC1. The number of hydrogen-bond acceptors (Lipinski definition) is 4. The highest BCUT2D eigenvalue weighted by Crippen LogP contribution is 2.31. The van der Waals surface area contributed by atoms with E-state index in [0.717, 1.165) is 0 Å². The van der Waals surface area contributed by atoms with Crippen LogP contribution in [-0.4, -0.2) is 43.1 Å². The summed E-state index contributed by atoms with van der Waals surface area (Å²) in [5, 5.41) is 2.91. The summed E-state index contributed by atoms with van der Waals surface area (Å²) in [7, 11) is 1.36. The van der Waals surface area contributed by atoms with Crippen molar-refractivity contribution in [2.75, 3.05) is 20.2 Å². The van der Waals surface area contributed by atoms with Gasteiger partial charge < -0.3 is 15.0 Å². The molecule has 1 aromatic rings. The lowest BCUT2D eigenvalue weighted by atomic mass is 10.1. The van der Waals surface area contributed by atoms with Crippen LogP contribution in [-0.2, 0) is 4.74 Å². The number of carbonyl (C=O) groups excluding carboxylic acids is 2. The average Bonchev–Trinajstić information content (AvgIpc) is 2.78. The molecule has 1 N–H and O–H groups in total. The van der Waals surface area contributed by atoms with E-state index >= 15 is 0 Å². The molecule has 0 aliphatic carbocycles. The zero-order valence-corrected chi connectivity index (χ0v) is 13.1. The molecular formula is C12H14Cl2N2O3S. The monoisotopic (exact) mass is 336 g/mol. The van der Waals surface area contributed by atoms with Crippen molar-refractivity contribution in [2.45, 2.75) is 18.9 Å². The highest BCUT2D eigenvalue weighted by molar-refractivity contribution is 7.20. The molecule has 8 heteroatoms. The average molecular weight is 337 g/mol. The van der Waals surface area contributed by atoms with Gasteiger partial charge in [0.25, 0.3) is 5.91 Å². The number of nitrogens with one attached hydrogen (secondary N) is 1. The molecule has 2 heterocycles. The van der Waals surface area contributed by atoms with Gasteiger partial charge in [-0.3, -0.25) is 4.79 Å². The van der Waals surface area contributed by atoms with Gasteiger partial charge in [0.1, 0.15) is 4.34 Å². The van der Waals surface area contributed by atoms with E-state index in [0.29, 0.717) is 40.2 Å². The predicted octanol–water partition coefficient (Wildman–Crippen LogP) is 3.02. The van der Waals surface area contributed by atoms with E-state index < -0.39 is 0 Å². The number of ether oxygens (including phenoxy) is 1. The molecule has 0 unspecified atom stereocenters. The Morgan fingerprint density at radius 1 is 1.40 bits per heavy atom. The van der Waals surface area contributed by atoms with E-state index in [1.807, 2.05) is 0 Å². The standard InChI is InChI=1S/C12H14Cl2N2O3S/c1-19-12(18)16-4-2-7(3-5-16)15-11(17)8-6-9(13)20-10(8)14/h6-7H,2-5H2,1H3,(H,15,17). The number of piperidine rings is 1. The summed E-state index contributed by atoms with van der Waals surface area (Å²) < 4.78 is 5.54. The predicted molar refractivity (Wildman–Crippen MR) is 78.8 cm³/mol. The van der Waals surface area contributed by atoms with Crippen molar-refractivity contribution in [3.63, 3.8) is 0 Å². The van der Waals surface area contributed by atoms with E-state index in [4.69, 9.17) is 23.2 Å². The molecule has 0 bridgehead atoms. The van der Waals surface area contributed by atoms with Crippen LogP contribution in [0.3, 0.4) is 0 Å². The second-order valence-electron chi connectivity index (χ2n) is 4.44. The normalized spacial score (nSPS) is 16.1. The van der Waals surface area contributed by atoms with E-state index in [2.05, 4.69) is 10.1 Å². The van der Waals surface area contributed by atoms with Crippen molar-refractivity contribution in [1.29, 1.82) is 0 Å². The quantitative estimate of drug-likeness (QED) is 0.902. The van der Waals surface area contributed by atoms with Crippen LogP contribution in [0.25, 0.3) is 0 Å². The van der Waals surface area contributed by atoms with Crippen molar-refractivity contribution in [2.24, 2.45) is 0 Å². The summed E-state index contributed by atoms with van der Waals surface area (Å²) in [6, 6.07) is 1.59. The van der Waals surface area contributed by atoms with E-state index in [9.17, 15) is 9.59 Å². The molecule has 0 radical (unpaired) electrons. The smallest absolute Gasteiger partial charge is 0.409 e. The van der Waals surface area contributed by atoms with Gasteiger partial charge in [-0.2, -0.15) is 0 Å². The van der Waals surface area contributed by atoms with Crippen LogP contribution in [0.2, 0.25) is 8.67 Å². The fraction of sp³-hybridized carbons (Fsp3) is 0.500. The zero-order chi connectivity index (χ0) is 14.7. The summed E-state index contributed by atoms with van der Waals surface area (Å²) in [5.74, 6) is -0.227. The van der Waals surface area contributed by atoms with Crippen molar-refractivity contribution in [3.8, 4) is 0 Å². The molecule has 1 fully saturated rings. The first-order chi connectivity index (χ1) is 9.51. The third-order valence-electron chi connectivity index (χ3n) is 3.16. The Morgan fingerprint density at radius 3 is 2.55 bits per heavy atom. The van der Waals surface area contributed by atoms with E-state index in [-0.39, 0.29) is 18.0 Å². The first-order valence-corrected chi connectivity index (χ1v) is 7.67. The molecule has 1 aliphatic heterocycles. The Bertz CT molecular complexity index is 513. The number of hydrogen-bond donors (Lipinski definition) is 1. The van der Waals surface area contributed by atoms with Crippen LogP contribution in [0.15, 0.2) is 6.07 Å². The molecule has 1 saturated heterocycles. The lowest BCUT2D eigenvalue weighted by Crippen LogP contribution is -2.46. The van der Waals surface area contributed by atoms with Crippen LogP contribution >= 0.6 is 34.5 Å². The van der Waals surface area contributed by atoms with Gasteiger partial charge in [-0.25, -0.2) is 4.79 Å².